The molecule has 0 bridgehead atoms. The van der Waals surface area contributed by atoms with Crippen LogP contribution in [0.15, 0.2) is 42.5 Å². The maximum Gasteiger partial charge on any atom is 0.418 e. The van der Waals surface area contributed by atoms with Crippen molar-refractivity contribution < 1.29 is 26.4 Å². The second-order valence-corrected chi connectivity index (χ2v) is 9.97. The molecule has 1 N–H and O–H groups in total. The number of hydrogen-bond donors (Lipinski definition) is 1. The van der Waals surface area contributed by atoms with E-state index < -0.39 is 39.3 Å². The zero-order valence-corrected chi connectivity index (χ0v) is 18.5. The minimum atomic E-state index is -4.62. The number of piperidine rings is 1. The van der Waals surface area contributed by atoms with E-state index in [0.717, 1.165) is 16.4 Å². The number of nitrogens with one attached hydrogen (secondary N) is 1. The van der Waals surface area contributed by atoms with Crippen LogP contribution in [-0.4, -0.2) is 31.7 Å². The fourth-order valence-corrected chi connectivity index (χ4v) is 5.79. The van der Waals surface area contributed by atoms with Gasteiger partial charge in [0.25, 0.3) is 0 Å². The summed E-state index contributed by atoms with van der Waals surface area (Å²) in [4.78, 5) is 12.6. The summed E-state index contributed by atoms with van der Waals surface area (Å²) in [5.41, 5.74) is -1.06. The molecule has 1 atom stereocenters. The highest BCUT2D eigenvalue weighted by Crippen LogP contribution is 2.35. The SMILES string of the molecule is O=C(Nc1ccccc1C(F)(F)F)[C@@H]1CCCN(S(=O)(=O)Cc2c(Cl)cccc2Cl)C1. The molecule has 1 aliphatic rings. The summed E-state index contributed by atoms with van der Waals surface area (Å²) in [6, 6.07) is 9.31. The molecule has 1 saturated heterocycles. The number of carbonyl (C=O) groups is 1. The van der Waals surface area contributed by atoms with E-state index in [-0.39, 0.29) is 34.4 Å². The molecule has 0 spiro atoms. The van der Waals surface area contributed by atoms with Crippen molar-refractivity contribution in [1.29, 1.82) is 0 Å². The summed E-state index contributed by atoms with van der Waals surface area (Å²) in [5, 5.41) is 2.73. The van der Waals surface area contributed by atoms with Gasteiger partial charge in [0.1, 0.15) is 0 Å². The fraction of sp³-hybridized carbons (Fsp3) is 0.350. The van der Waals surface area contributed by atoms with Gasteiger partial charge in [0, 0.05) is 28.7 Å². The molecule has 0 aliphatic carbocycles. The average molecular weight is 495 g/mol. The van der Waals surface area contributed by atoms with Crippen LogP contribution in [0.25, 0.3) is 0 Å². The van der Waals surface area contributed by atoms with Crippen LogP contribution >= 0.6 is 23.2 Å². The average Bonchev–Trinajstić information content (AvgIpc) is 2.70. The summed E-state index contributed by atoms with van der Waals surface area (Å²) in [6.45, 7) is 0.0672. The molecule has 168 valence electrons. The van der Waals surface area contributed by atoms with Crippen molar-refractivity contribution in [2.24, 2.45) is 5.92 Å². The molecule has 1 fully saturated rings. The Morgan fingerprint density at radius 2 is 1.74 bits per heavy atom. The first kappa shape index (κ1) is 23.8. The van der Waals surface area contributed by atoms with Crippen LogP contribution in [0.1, 0.15) is 24.0 Å². The van der Waals surface area contributed by atoms with Crippen LogP contribution in [-0.2, 0) is 26.7 Å². The van der Waals surface area contributed by atoms with Crippen molar-refractivity contribution in [2.75, 3.05) is 18.4 Å². The Morgan fingerprint density at radius 3 is 2.39 bits per heavy atom. The lowest BCUT2D eigenvalue weighted by molar-refractivity contribution is -0.137. The number of para-hydroxylation sites is 1. The molecule has 0 radical (unpaired) electrons. The Balaban J connectivity index is 1.74. The Bertz CT molecular complexity index is 1060. The second kappa shape index (κ2) is 9.36. The standard InChI is InChI=1S/C20H19Cl2F3N2O3S/c21-16-7-3-8-17(22)14(16)12-31(29,30)27-10-4-5-13(11-27)19(28)26-18-9-2-1-6-15(18)20(23,24)25/h1-3,6-9,13H,4-5,10-12H2,(H,26,28)/t13-/m1/s1. The third-order valence-electron chi connectivity index (χ3n) is 5.03. The number of anilines is 1. The molecule has 2 aromatic carbocycles. The summed E-state index contributed by atoms with van der Waals surface area (Å²) >= 11 is 12.1. The van der Waals surface area contributed by atoms with Crippen LogP contribution in [0.3, 0.4) is 0 Å². The number of halogens is 5. The van der Waals surface area contributed by atoms with Crippen LogP contribution in [0, 0.1) is 5.92 Å². The molecule has 11 heteroatoms. The van der Waals surface area contributed by atoms with Gasteiger partial charge >= 0.3 is 6.18 Å². The number of carbonyl (C=O) groups excluding carboxylic acids is 1. The lowest BCUT2D eigenvalue weighted by Gasteiger charge is -2.31. The summed E-state index contributed by atoms with van der Waals surface area (Å²) in [7, 11) is -3.85. The molecule has 0 aromatic heterocycles. The van der Waals surface area contributed by atoms with E-state index in [1.165, 1.54) is 24.3 Å². The van der Waals surface area contributed by atoms with E-state index in [9.17, 15) is 26.4 Å². The number of benzene rings is 2. The van der Waals surface area contributed by atoms with Gasteiger partial charge in [-0.05, 0) is 37.1 Å². The van der Waals surface area contributed by atoms with E-state index in [4.69, 9.17) is 23.2 Å². The van der Waals surface area contributed by atoms with Crippen molar-refractivity contribution in [3.8, 4) is 0 Å². The van der Waals surface area contributed by atoms with Crippen molar-refractivity contribution in [3.05, 3.63) is 63.6 Å². The molecule has 2 aromatic rings. The minimum Gasteiger partial charge on any atom is -0.325 e. The maximum absolute atomic E-state index is 13.2. The first-order valence-corrected chi connectivity index (χ1v) is 11.7. The van der Waals surface area contributed by atoms with Crippen LogP contribution < -0.4 is 5.32 Å². The monoisotopic (exact) mass is 494 g/mol. The Morgan fingerprint density at radius 1 is 1.10 bits per heavy atom. The number of alkyl halides is 3. The van der Waals surface area contributed by atoms with Gasteiger partial charge in [-0.15, -0.1) is 0 Å². The molecule has 3 rings (SSSR count). The first-order chi connectivity index (χ1) is 14.5. The van der Waals surface area contributed by atoms with Gasteiger partial charge < -0.3 is 5.32 Å². The molecule has 31 heavy (non-hydrogen) atoms. The quantitative estimate of drug-likeness (QED) is 0.621. The topological polar surface area (TPSA) is 66.5 Å². The summed E-state index contributed by atoms with van der Waals surface area (Å²) in [5.74, 6) is -1.88. The maximum atomic E-state index is 13.2. The molecule has 0 saturated carbocycles. The summed E-state index contributed by atoms with van der Waals surface area (Å²) in [6.07, 6.45) is -3.87. The lowest BCUT2D eigenvalue weighted by atomic mass is 9.98. The number of amides is 1. The zero-order chi connectivity index (χ0) is 22.8. The van der Waals surface area contributed by atoms with Gasteiger partial charge in [-0.1, -0.05) is 41.4 Å². The third-order valence-corrected chi connectivity index (χ3v) is 7.51. The van der Waals surface area contributed by atoms with Crippen molar-refractivity contribution in [3.63, 3.8) is 0 Å². The zero-order valence-electron chi connectivity index (χ0n) is 16.1. The van der Waals surface area contributed by atoms with E-state index in [1.807, 2.05) is 0 Å². The second-order valence-electron chi connectivity index (χ2n) is 7.19. The first-order valence-electron chi connectivity index (χ1n) is 9.37. The molecule has 1 heterocycles. The Labute approximate surface area is 188 Å². The van der Waals surface area contributed by atoms with E-state index in [1.54, 1.807) is 6.07 Å². The van der Waals surface area contributed by atoms with Crippen molar-refractivity contribution in [2.45, 2.75) is 24.8 Å². The van der Waals surface area contributed by atoms with Gasteiger partial charge in [0.15, 0.2) is 0 Å². The number of sulfonamides is 1. The van der Waals surface area contributed by atoms with Crippen molar-refractivity contribution in [1.82, 2.24) is 4.31 Å². The van der Waals surface area contributed by atoms with E-state index in [2.05, 4.69) is 5.32 Å². The van der Waals surface area contributed by atoms with Gasteiger partial charge in [-0.25, -0.2) is 12.7 Å². The Hall–Kier alpha value is -1.81. The van der Waals surface area contributed by atoms with E-state index in [0.29, 0.717) is 12.8 Å². The molecule has 1 aliphatic heterocycles. The van der Waals surface area contributed by atoms with Crippen LogP contribution in [0.4, 0.5) is 18.9 Å². The predicted octanol–water partition coefficient (Wildman–Crippen LogP) is 5.19. The highest BCUT2D eigenvalue weighted by molar-refractivity contribution is 7.88. The summed E-state index contributed by atoms with van der Waals surface area (Å²) < 4.78 is 66.5. The normalized spacial score (nSPS) is 18.0. The number of hydrogen-bond acceptors (Lipinski definition) is 3. The minimum absolute atomic E-state index is 0.135. The highest BCUT2D eigenvalue weighted by atomic mass is 35.5. The number of rotatable bonds is 5. The number of nitrogens with zero attached hydrogens (tertiary/aromatic N) is 1. The van der Waals surface area contributed by atoms with Crippen molar-refractivity contribution >= 4 is 44.8 Å². The molecular weight excluding hydrogens is 476 g/mol. The highest BCUT2D eigenvalue weighted by Gasteiger charge is 2.36. The Kier molecular flexibility index (Phi) is 7.20. The predicted molar refractivity (Wildman–Crippen MR) is 113 cm³/mol. The van der Waals surface area contributed by atoms with Gasteiger partial charge in [0.05, 0.1) is 22.9 Å². The van der Waals surface area contributed by atoms with Gasteiger partial charge in [-0.3, -0.25) is 4.79 Å². The smallest absolute Gasteiger partial charge is 0.325 e. The molecule has 5 nitrogen and oxygen atoms in total. The van der Waals surface area contributed by atoms with Gasteiger partial charge in [0.2, 0.25) is 15.9 Å². The van der Waals surface area contributed by atoms with E-state index >= 15 is 0 Å². The van der Waals surface area contributed by atoms with Crippen LogP contribution in [0.5, 0.6) is 0 Å². The van der Waals surface area contributed by atoms with Gasteiger partial charge in [-0.2, -0.15) is 13.2 Å². The molecule has 1 amide bonds. The van der Waals surface area contributed by atoms with Crippen LogP contribution in [0.2, 0.25) is 10.0 Å². The lowest BCUT2D eigenvalue weighted by Crippen LogP contribution is -2.44. The fourth-order valence-electron chi connectivity index (χ4n) is 3.43. The molecular formula is C20H19Cl2F3N2O3S. The largest absolute Gasteiger partial charge is 0.418 e. The third kappa shape index (κ3) is 5.71. The molecule has 0 unspecified atom stereocenters.